The van der Waals surface area contributed by atoms with E-state index in [9.17, 15) is 26.7 Å². The first-order chi connectivity index (χ1) is 19.1. The monoisotopic (exact) mass is 557 g/mol. The molecular formula is C28H21F6N5O. The van der Waals surface area contributed by atoms with Crippen molar-refractivity contribution in [3.05, 3.63) is 89.6 Å². The van der Waals surface area contributed by atoms with Gasteiger partial charge in [-0.25, -0.2) is 14.1 Å². The number of imidazole rings is 1. The van der Waals surface area contributed by atoms with E-state index >= 15 is 4.39 Å². The molecule has 0 aliphatic carbocycles. The van der Waals surface area contributed by atoms with Crippen LogP contribution in [0.1, 0.15) is 47.1 Å². The summed E-state index contributed by atoms with van der Waals surface area (Å²) in [5, 5.41) is 4.49. The molecule has 6 rings (SSSR count). The highest BCUT2D eigenvalue weighted by Gasteiger charge is 2.32. The lowest BCUT2D eigenvalue weighted by Crippen LogP contribution is -2.38. The first-order valence-electron chi connectivity index (χ1n) is 12.5. The summed E-state index contributed by atoms with van der Waals surface area (Å²) in [7, 11) is 0. The number of carbonyl (C=O) groups excluding carboxylic acids is 1. The van der Waals surface area contributed by atoms with Gasteiger partial charge in [-0.2, -0.15) is 27.1 Å². The van der Waals surface area contributed by atoms with Crippen molar-refractivity contribution in [2.24, 2.45) is 0 Å². The van der Waals surface area contributed by atoms with Gasteiger partial charge in [-0.15, -0.1) is 0 Å². The molecule has 12 heteroatoms. The molecule has 0 saturated carbocycles. The lowest BCUT2D eigenvalue weighted by atomic mass is 9.95. The zero-order valence-corrected chi connectivity index (χ0v) is 20.7. The lowest BCUT2D eigenvalue weighted by molar-refractivity contribution is -0.137. The van der Waals surface area contributed by atoms with Crippen molar-refractivity contribution in [2.75, 3.05) is 13.1 Å². The summed E-state index contributed by atoms with van der Waals surface area (Å²) in [6.07, 6.45) is -2.45. The summed E-state index contributed by atoms with van der Waals surface area (Å²) < 4.78 is 84.6. The van der Waals surface area contributed by atoms with Gasteiger partial charge in [0.25, 0.3) is 5.91 Å². The van der Waals surface area contributed by atoms with E-state index in [0.29, 0.717) is 29.3 Å². The van der Waals surface area contributed by atoms with Crippen molar-refractivity contribution in [1.29, 1.82) is 0 Å². The highest BCUT2D eigenvalue weighted by atomic mass is 19.4. The van der Waals surface area contributed by atoms with Crippen molar-refractivity contribution in [1.82, 2.24) is 24.2 Å². The van der Waals surface area contributed by atoms with Crippen LogP contribution in [0.4, 0.5) is 26.3 Å². The van der Waals surface area contributed by atoms with Gasteiger partial charge >= 0.3 is 12.7 Å². The molecule has 0 spiro atoms. The second kappa shape index (κ2) is 9.68. The number of benzene rings is 3. The first kappa shape index (κ1) is 25.9. The molecule has 1 amide bonds. The van der Waals surface area contributed by atoms with Gasteiger partial charge in [0.1, 0.15) is 11.6 Å². The van der Waals surface area contributed by atoms with E-state index in [2.05, 4.69) is 10.1 Å². The zero-order valence-electron chi connectivity index (χ0n) is 20.7. The van der Waals surface area contributed by atoms with Gasteiger partial charge in [-0.1, -0.05) is 18.2 Å². The summed E-state index contributed by atoms with van der Waals surface area (Å²) in [6, 6.07) is 13.6. The van der Waals surface area contributed by atoms with Crippen molar-refractivity contribution in [2.45, 2.75) is 31.5 Å². The molecule has 1 aliphatic heterocycles. The number of likely N-dealkylation sites (tertiary alicyclic amines) is 1. The second-order valence-electron chi connectivity index (χ2n) is 9.67. The zero-order chi connectivity index (χ0) is 28.2. The van der Waals surface area contributed by atoms with Gasteiger partial charge in [0.2, 0.25) is 0 Å². The van der Waals surface area contributed by atoms with Crippen molar-refractivity contribution < 1.29 is 31.1 Å². The summed E-state index contributed by atoms with van der Waals surface area (Å²) in [5.74, 6) is -1.44. The Morgan fingerprint density at radius 2 is 1.70 bits per heavy atom. The number of amides is 1. The molecule has 40 heavy (non-hydrogen) atoms. The maximum atomic E-state index is 15.2. The molecule has 5 aromatic rings. The molecule has 0 radical (unpaired) electrons. The molecular weight excluding hydrogens is 536 g/mol. The number of carbonyl (C=O) groups is 1. The van der Waals surface area contributed by atoms with Crippen molar-refractivity contribution in [3.63, 3.8) is 0 Å². The molecule has 0 bridgehead atoms. The molecule has 1 fully saturated rings. The van der Waals surface area contributed by atoms with Crippen LogP contribution in [-0.2, 0) is 6.18 Å². The normalized spacial score (nSPS) is 15.0. The molecule has 0 unspecified atom stereocenters. The van der Waals surface area contributed by atoms with Gasteiger partial charge in [-0.3, -0.25) is 9.36 Å². The van der Waals surface area contributed by atoms with Gasteiger partial charge < -0.3 is 4.90 Å². The number of para-hydroxylation sites is 2. The second-order valence-corrected chi connectivity index (χ2v) is 9.67. The molecule has 0 atom stereocenters. The molecule has 1 aliphatic rings. The van der Waals surface area contributed by atoms with E-state index in [-0.39, 0.29) is 41.6 Å². The maximum absolute atomic E-state index is 15.2. The molecule has 206 valence electrons. The topological polar surface area (TPSA) is 56.0 Å². The first-order valence-corrected chi connectivity index (χ1v) is 12.5. The number of nitrogens with zero attached hydrogens (tertiary/aromatic N) is 5. The van der Waals surface area contributed by atoms with Crippen molar-refractivity contribution >= 4 is 27.8 Å². The summed E-state index contributed by atoms with van der Waals surface area (Å²) >= 11 is 0. The van der Waals surface area contributed by atoms with Gasteiger partial charge in [0.15, 0.2) is 0 Å². The van der Waals surface area contributed by atoms with E-state index < -0.39 is 30.0 Å². The number of hydrogen-bond donors (Lipinski definition) is 0. The number of alkyl halides is 5. The van der Waals surface area contributed by atoms with Crippen LogP contribution in [0.25, 0.3) is 27.6 Å². The minimum Gasteiger partial charge on any atom is -0.339 e. The number of rotatable bonds is 4. The quantitative estimate of drug-likeness (QED) is 0.225. The Morgan fingerprint density at radius 3 is 2.42 bits per heavy atom. The number of piperidine rings is 1. The molecule has 6 nitrogen and oxygen atoms in total. The van der Waals surface area contributed by atoms with Crippen LogP contribution in [0.2, 0.25) is 0 Å². The van der Waals surface area contributed by atoms with E-state index in [0.717, 1.165) is 22.8 Å². The Bertz CT molecular complexity index is 1730. The minimum atomic E-state index is -4.55. The fraction of sp³-hybridized carbons (Fsp3) is 0.250. The van der Waals surface area contributed by atoms with E-state index in [1.54, 1.807) is 24.3 Å². The maximum Gasteiger partial charge on any atom is 0.416 e. The number of fused-ring (bicyclic) bond motifs is 2. The average molecular weight is 557 g/mol. The van der Waals surface area contributed by atoms with E-state index in [1.807, 2.05) is 0 Å². The van der Waals surface area contributed by atoms with Crippen molar-refractivity contribution in [3.8, 4) is 5.69 Å². The predicted octanol–water partition coefficient (Wildman–Crippen LogP) is 6.95. The number of hydrogen-bond acceptors (Lipinski definition) is 3. The third-order valence-electron chi connectivity index (χ3n) is 7.27. The lowest BCUT2D eigenvalue weighted by Gasteiger charge is -2.32. The van der Waals surface area contributed by atoms with E-state index in [4.69, 9.17) is 0 Å². The van der Waals surface area contributed by atoms with Crippen LogP contribution in [0.5, 0.6) is 0 Å². The summed E-state index contributed by atoms with van der Waals surface area (Å²) in [4.78, 5) is 19.1. The van der Waals surface area contributed by atoms with Crippen LogP contribution in [0.3, 0.4) is 0 Å². The molecule has 3 heterocycles. The highest BCUT2D eigenvalue weighted by molar-refractivity contribution is 5.98. The fourth-order valence-corrected chi connectivity index (χ4v) is 5.30. The molecule has 2 aromatic heterocycles. The molecule has 1 saturated heterocycles. The number of aromatic nitrogens is 4. The van der Waals surface area contributed by atoms with Crippen LogP contribution < -0.4 is 0 Å². The van der Waals surface area contributed by atoms with Gasteiger partial charge in [0.05, 0.1) is 39.6 Å². The number of halogens is 6. The van der Waals surface area contributed by atoms with Gasteiger partial charge in [-0.05, 0) is 49.2 Å². The Balaban J connectivity index is 1.23. The third kappa shape index (κ3) is 4.46. The Morgan fingerprint density at radius 1 is 0.950 bits per heavy atom. The van der Waals surface area contributed by atoms with Crippen LogP contribution in [-0.4, -0.2) is 43.2 Å². The van der Waals surface area contributed by atoms with Crippen LogP contribution >= 0.6 is 0 Å². The van der Waals surface area contributed by atoms with Crippen LogP contribution in [0, 0.1) is 5.82 Å². The summed E-state index contributed by atoms with van der Waals surface area (Å²) in [6.45, 7) is -2.33. The van der Waals surface area contributed by atoms with Crippen LogP contribution in [0.15, 0.2) is 66.9 Å². The third-order valence-corrected chi connectivity index (χ3v) is 7.27. The Hall–Kier alpha value is -4.35. The smallest absolute Gasteiger partial charge is 0.339 e. The summed E-state index contributed by atoms with van der Waals surface area (Å²) in [5.41, 5.74) is 0.0467. The Labute approximate surface area is 223 Å². The molecule has 0 N–H and O–H groups in total. The molecule has 3 aromatic carbocycles. The largest absolute Gasteiger partial charge is 0.416 e. The average Bonchev–Trinajstić information content (AvgIpc) is 3.53. The van der Waals surface area contributed by atoms with E-state index in [1.165, 1.54) is 34.0 Å². The Kier molecular flexibility index (Phi) is 6.27. The highest BCUT2D eigenvalue weighted by Crippen LogP contribution is 2.35. The fourth-order valence-electron chi connectivity index (χ4n) is 5.30. The predicted molar refractivity (Wildman–Crippen MR) is 135 cm³/mol. The standard InChI is InChI=1S/C28H21F6N5O/c29-21-14-24-17(15-35-39(24)19-5-3-4-18(13-19)28(32,33)34)12-20(21)26(40)37-10-8-16(9-11-37)25-36-22-6-1-2-7-23(22)38(25)27(30)31/h1-7,12-16,27H,8-11H2. The van der Waals surface area contributed by atoms with Gasteiger partial charge in [0, 0.05) is 30.5 Å². The minimum absolute atomic E-state index is 0.0974. The SMILES string of the molecule is O=C(c1cc2cnn(-c3cccc(C(F)(F)F)c3)c2cc1F)N1CCC(c2nc3ccccc3n2C(F)F)CC1.